The molecule has 1 aliphatic heterocycles. The lowest BCUT2D eigenvalue weighted by Crippen LogP contribution is -2.49. The topological polar surface area (TPSA) is 146 Å². The average Bonchev–Trinajstić information content (AvgIpc) is 3.12. The molecule has 1 aliphatic carbocycles. The van der Waals surface area contributed by atoms with Crippen LogP contribution in [0.1, 0.15) is 33.6 Å². The third-order valence-corrected chi connectivity index (χ3v) is 5.94. The number of carbonyl (C=O) groups is 4. The van der Waals surface area contributed by atoms with Gasteiger partial charge in [-0.2, -0.15) is 0 Å². The van der Waals surface area contributed by atoms with E-state index in [1.54, 1.807) is 13.8 Å². The largest absolute Gasteiger partial charge is 0.466 e. The molecule has 10 nitrogen and oxygen atoms in total. The Morgan fingerprint density at radius 3 is 2.46 bits per heavy atom. The van der Waals surface area contributed by atoms with Crippen LogP contribution in [0.2, 0.25) is 0 Å². The summed E-state index contributed by atoms with van der Waals surface area (Å²) in [4.78, 5) is 50.9. The highest BCUT2D eigenvalue weighted by atomic mass is 16.6. The van der Waals surface area contributed by atoms with Crippen molar-refractivity contribution in [3.05, 3.63) is 47.6 Å². The average molecular weight is 493 g/mol. The molecular weight excluding hydrogens is 460 g/mol. The molecule has 5 atom stereocenters. The van der Waals surface area contributed by atoms with Gasteiger partial charge in [0.25, 0.3) is 0 Å². The third kappa shape index (κ3) is 6.07. The summed E-state index contributed by atoms with van der Waals surface area (Å²) in [6, 6.07) is 0. The zero-order valence-electron chi connectivity index (χ0n) is 20.3. The van der Waals surface area contributed by atoms with E-state index in [0.717, 1.165) is 7.11 Å². The summed E-state index contributed by atoms with van der Waals surface area (Å²) >= 11 is 0. The van der Waals surface area contributed by atoms with Crippen molar-refractivity contribution in [1.82, 2.24) is 0 Å². The van der Waals surface area contributed by atoms with E-state index in [1.165, 1.54) is 19.1 Å². The zero-order chi connectivity index (χ0) is 26.4. The van der Waals surface area contributed by atoms with Crippen LogP contribution in [0, 0.1) is 11.8 Å². The molecule has 0 saturated carbocycles. The maximum atomic E-state index is 12.9. The Bertz CT molecular complexity index is 957. The summed E-state index contributed by atoms with van der Waals surface area (Å²) < 4.78 is 21.6. The van der Waals surface area contributed by atoms with Gasteiger partial charge in [-0.25, -0.2) is 14.4 Å². The van der Waals surface area contributed by atoms with E-state index in [2.05, 4.69) is 13.2 Å². The van der Waals surface area contributed by atoms with E-state index in [-0.39, 0.29) is 29.6 Å². The van der Waals surface area contributed by atoms with Crippen molar-refractivity contribution in [2.24, 2.45) is 11.8 Å². The van der Waals surface area contributed by atoms with Gasteiger partial charge < -0.3 is 29.2 Å². The van der Waals surface area contributed by atoms with Gasteiger partial charge in [-0.1, -0.05) is 39.2 Å². The first-order valence-electron chi connectivity index (χ1n) is 11.2. The highest BCUT2D eigenvalue weighted by Crippen LogP contribution is 2.40. The fraction of sp³-hybridized carbons (Fsp3) is 0.520. The maximum absolute atomic E-state index is 12.9. The van der Waals surface area contributed by atoms with Gasteiger partial charge in [0, 0.05) is 5.57 Å². The summed E-state index contributed by atoms with van der Waals surface area (Å²) in [5, 5.41) is 20.4. The van der Waals surface area contributed by atoms with Gasteiger partial charge in [0.05, 0.1) is 36.7 Å². The molecule has 2 aliphatic rings. The first-order valence-corrected chi connectivity index (χ1v) is 11.2. The van der Waals surface area contributed by atoms with Crippen LogP contribution < -0.4 is 0 Å². The van der Waals surface area contributed by atoms with Crippen LogP contribution in [0.15, 0.2) is 47.6 Å². The standard InChI is InChI=1S/C25H32O10/c1-7-15(11-26)24(30)35-21-17-14(5)23(29)34-20(17)18(27)13(4)9-8-10-16(25(31)32-6)19(21)33-22(28)12(2)3/h7,10,12,17-21,26-27H,4-5,8-9,11H2,1-3,6H3/b15-7-,16-10+/t17-,18-,19-,20-,21-/m0/s1. The second-order valence-electron chi connectivity index (χ2n) is 8.57. The molecule has 0 radical (unpaired) electrons. The van der Waals surface area contributed by atoms with Gasteiger partial charge in [0.2, 0.25) is 0 Å². The SMILES string of the molecule is C=C1C(=O)O[C@H]2[C@H]1[C@H](OC(=O)/C(=C\C)CO)[C@@H](OC(=O)C(C)C)/C(C(=O)OC)=C\CCC(=C)[C@@H]2O. The number of rotatable bonds is 6. The van der Waals surface area contributed by atoms with Crippen molar-refractivity contribution in [3.8, 4) is 0 Å². The van der Waals surface area contributed by atoms with E-state index in [9.17, 15) is 29.4 Å². The molecule has 1 fully saturated rings. The van der Waals surface area contributed by atoms with E-state index in [4.69, 9.17) is 18.9 Å². The van der Waals surface area contributed by atoms with Gasteiger partial charge in [0.1, 0.15) is 12.2 Å². The molecule has 35 heavy (non-hydrogen) atoms. The van der Waals surface area contributed by atoms with Crippen molar-refractivity contribution in [2.75, 3.05) is 13.7 Å². The van der Waals surface area contributed by atoms with E-state index in [1.807, 2.05) is 0 Å². The number of hydrogen-bond acceptors (Lipinski definition) is 10. The third-order valence-electron chi connectivity index (χ3n) is 5.94. The number of aliphatic hydroxyl groups is 2. The fourth-order valence-corrected chi connectivity index (χ4v) is 3.84. The van der Waals surface area contributed by atoms with E-state index in [0.29, 0.717) is 5.57 Å². The molecule has 0 spiro atoms. The second kappa shape index (κ2) is 11.9. The van der Waals surface area contributed by atoms with Crippen LogP contribution in [-0.4, -0.2) is 72.2 Å². The molecule has 10 heteroatoms. The fourth-order valence-electron chi connectivity index (χ4n) is 3.84. The molecule has 1 saturated heterocycles. The molecule has 192 valence electrons. The Kier molecular flexibility index (Phi) is 9.55. The van der Waals surface area contributed by atoms with Gasteiger partial charge in [-0.15, -0.1) is 0 Å². The van der Waals surface area contributed by atoms with Crippen molar-refractivity contribution < 1.29 is 48.3 Å². The highest BCUT2D eigenvalue weighted by molar-refractivity contribution is 5.93. The predicted molar refractivity (Wildman–Crippen MR) is 122 cm³/mol. The summed E-state index contributed by atoms with van der Waals surface area (Å²) in [5.74, 6) is -5.22. The minimum Gasteiger partial charge on any atom is -0.466 e. The van der Waals surface area contributed by atoms with E-state index >= 15 is 0 Å². The number of methoxy groups -OCH3 is 1. The molecule has 0 aromatic carbocycles. The van der Waals surface area contributed by atoms with Crippen LogP contribution in [0.5, 0.6) is 0 Å². The van der Waals surface area contributed by atoms with Crippen molar-refractivity contribution in [1.29, 1.82) is 0 Å². The first-order chi connectivity index (χ1) is 16.5. The quantitative estimate of drug-likeness (QED) is 0.241. The minimum absolute atomic E-state index is 0.114. The Balaban J connectivity index is 2.78. The molecule has 2 N–H and O–H groups in total. The molecule has 0 unspecified atom stereocenters. The molecule has 0 aromatic heterocycles. The van der Waals surface area contributed by atoms with Crippen molar-refractivity contribution in [2.45, 2.75) is 58.0 Å². The smallest absolute Gasteiger partial charge is 0.337 e. The van der Waals surface area contributed by atoms with Crippen LogP contribution in [0.25, 0.3) is 0 Å². The summed E-state index contributed by atoms with van der Waals surface area (Å²) in [6.07, 6.45) is -2.51. The Morgan fingerprint density at radius 2 is 1.91 bits per heavy atom. The zero-order valence-corrected chi connectivity index (χ0v) is 20.3. The number of hydrogen-bond donors (Lipinski definition) is 2. The molecule has 1 heterocycles. The summed E-state index contributed by atoms with van der Waals surface area (Å²) in [5.41, 5.74) is -0.0753. The molecule has 0 aromatic rings. The Labute approximate surface area is 203 Å². The van der Waals surface area contributed by atoms with Crippen LogP contribution in [0.4, 0.5) is 0 Å². The number of esters is 4. The van der Waals surface area contributed by atoms with Crippen LogP contribution >= 0.6 is 0 Å². The predicted octanol–water partition coefficient (Wildman–Crippen LogP) is 1.31. The summed E-state index contributed by atoms with van der Waals surface area (Å²) in [6.45, 7) is 11.6. The van der Waals surface area contributed by atoms with Gasteiger partial charge in [-0.3, -0.25) is 4.79 Å². The van der Waals surface area contributed by atoms with Crippen LogP contribution in [-0.2, 0) is 38.1 Å². The molecule has 0 bridgehead atoms. The normalized spacial score (nSPS) is 29.0. The summed E-state index contributed by atoms with van der Waals surface area (Å²) in [7, 11) is 1.14. The lowest BCUT2D eigenvalue weighted by Gasteiger charge is -2.36. The number of ether oxygens (including phenoxy) is 4. The lowest BCUT2D eigenvalue weighted by atomic mass is 9.80. The maximum Gasteiger partial charge on any atom is 0.337 e. The number of fused-ring (bicyclic) bond motifs is 1. The van der Waals surface area contributed by atoms with Crippen LogP contribution in [0.3, 0.4) is 0 Å². The van der Waals surface area contributed by atoms with Crippen molar-refractivity contribution in [3.63, 3.8) is 0 Å². The monoisotopic (exact) mass is 492 g/mol. The first kappa shape index (κ1) is 28.0. The Hall–Kier alpha value is -3.24. The van der Waals surface area contributed by atoms with E-state index < -0.39 is 66.7 Å². The number of aliphatic hydroxyl groups excluding tert-OH is 2. The molecular formula is C25H32O10. The van der Waals surface area contributed by atoms with Crippen molar-refractivity contribution >= 4 is 23.9 Å². The molecule has 0 amide bonds. The van der Waals surface area contributed by atoms with Gasteiger partial charge in [0.15, 0.2) is 12.2 Å². The Morgan fingerprint density at radius 1 is 1.26 bits per heavy atom. The highest BCUT2D eigenvalue weighted by Gasteiger charge is 2.54. The second-order valence-corrected chi connectivity index (χ2v) is 8.57. The minimum atomic E-state index is -1.54. The van der Waals surface area contributed by atoms with Gasteiger partial charge in [-0.05, 0) is 25.3 Å². The number of allylic oxidation sites excluding steroid dienone is 2. The van der Waals surface area contributed by atoms with Gasteiger partial charge >= 0.3 is 23.9 Å². The molecule has 2 rings (SSSR count). The number of carbonyl (C=O) groups excluding carboxylic acids is 4. The lowest BCUT2D eigenvalue weighted by molar-refractivity contribution is -0.173.